The Hall–Kier alpha value is -1.64. The molecule has 0 aliphatic rings. The standard InChI is InChI=1S/C17H23F2N/c1-7-14-8-9-15(16(18)10-14)13(3)20(6)11-12(2)17(4,5)19/h8-11H,3,7H2,1-2,4-6H3/b12-11+. The van der Waals surface area contributed by atoms with Crippen LogP contribution in [-0.4, -0.2) is 17.6 Å². The minimum atomic E-state index is -1.40. The first-order chi connectivity index (χ1) is 9.16. The second-order valence-corrected chi connectivity index (χ2v) is 5.51. The maximum absolute atomic E-state index is 14.0. The van der Waals surface area contributed by atoms with Crippen LogP contribution in [0.25, 0.3) is 5.70 Å². The molecule has 0 saturated carbocycles. The smallest absolute Gasteiger partial charge is 0.132 e. The molecule has 0 N–H and O–H groups in total. The van der Waals surface area contributed by atoms with Crippen LogP contribution in [0.5, 0.6) is 0 Å². The molecule has 0 aliphatic carbocycles. The molecule has 0 spiro atoms. The van der Waals surface area contributed by atoms with E-state index in [0.29, 0.717) is 16.8 Å². The fourth-order valence-electron chi connectivity index (χ4n) is 1.72. The Labute approximate surface area is 120 Å². The minimum Gasteiger partial charge on any atom is -0.351 e. The van der Waals surface area contributed by atoms with Crippen molar-refractivity contribution in [2.75, 3.05) is 7.05 Å². The summed E-state index contributed by atoms with van der Waals surface area (Å²) in [6.07, 6.45) is 2.43. The van der Waals surface area contributed by atoms with Gasteiger partial charge in [-0.25, -0.2) is 8.78 Å². The summed E-state index contributed by atoms with van der Waals surface area (Å²) in [7, 11) is 1.74. The predicted octanol–water partition coefficient (Wildman–Crippen LogP) is 4.94. The Balaban J connectivity index is 3.01. The number of aryl methyl sites for hydroxylation is 1. The van der Waals surface area contributed by atoms with Gasteiger partial charge in [0.2, 0.25) is 0 Å². The van der Waals surface area contributed by atoms with E-state index in [-0.39, 0.29) is 5.82 Å². The molecule has 1 nitrogen and oxygen atoms in total. The fraction of sp³-hybridized carbons (Fsp3) is 0.412. The number of rotatable bonds is 5. The van der Waals surface area contributed by atoms with Gasteiger partial charge in [-0.05, 0) is 50.5 Å². The largest absolute Gasteiger partial charge is 0.351 e. The molecule has 0 atom stereocenters. The molecule has 0 amide bonds. The molecule has 20 heavy (non-hydrogen) atoms. The van der Waals surface area contributed by atoms with Crippen LogP contribution in [0.1, 0.15) is 38.8 Å². The van der Waals surface area contributed by atoms with Gasteiger partial charge in [-0.15, -0.1) is 0 Å². The molecule has 110 valence electrons. The van der Waals surface area contributed by atoms with E-state index in [2.05, 4.69) is 6.58 Å². The highest BCUT2D eigenvalue weighted by Crippen LogP contribution is 2.25. The third kappa shape index (κ3) is 3.92. The van der Waals surface area contributed by atoms with Gasteiger partial charge in [-0.3, -0.25) is 0 Å². The zero-order valence-electron chi connectivity index (χ0n) is 12.9. The van der Waals surface area contributed by atoms with Crippen molar-refractivity contribution in [2.45, 2.75) is 39.8 Å². The molecule has 0 heterocycles. The maximum atomic E-state index is 14.0. The SMILES string of the molecule is C=C(c1ccc(CC)cc1F)N(C)/C=C(\C)C(C)(C)F. The third-order valence-electron chi connectivity index (χ3n) is 3.50. The van der Waals surface area contributed by atoms with Crippen molar-refractivity contribution in [1.82, 2.24) is 4.90 Å². The van der Waals surface area contributed by atoms with Crippen molar-refractivity contribution in [1.29, 1.82) is 0 Å². The number of halogens is 2. The second kappa shape index (κ2) is 6.21. The van der Waals surface area contributed by atoms with Crippen molar-refractivity contribution in [3.8, 4) is 0 Å². The van der Waals surface area contributed by atoms with E-state index in [4.69, 9.17) is 0 Å². The molecule has 3 heteroatoms. The van der Waals surface area contributed by atoms with Gasteiger partial charge in [0.25, 0.3) is 0 Å². The highest BCUT2D eigenvalue weighted by Gasteiger charge is 2.19. The van der Waals surface area contributed by atoms with Crippen molar-refractivity contribution in [3.05, 3.63) is 53.5 Å². The van der Waals surface area contributed by atoms with Crippen molar-refractivity contribution in [2.24, 2.45) is 0 Å². The average molecular weight is 279 g/mol. The summed E-state index contributed by atoms with van der Waals surface area (Å²) < 4.78 is 27.8. The molecule has 0 aromatic heterocycles. The molecule has 1 aromatic rings. The van der Waals surface area contributed by atoms with Crippen molar-refractivity contribution in [3.63, 3.8) is 0 Å². The Morgan fingerprint density at radius 3 is 2.45 bits per heavy atom. The number of hydrogen-bond donors (Lipinski definition) is 0. The molecule has 0 bridgehead atoms. The lowest BCUT2D eigenvalue weighted by molar-refractivity contribution is 0.265. The first kappa shape index (κ1) is 16.4. The lowest BCUT2D eigenvalue weighted by Gasteiger charge is -2.22. The van der Waals surface area contributed by atoms with E-state index in [0.717, 1.165) is 12.0 Å². The van der Waals surface area contributed by atoms with Crippen LogP contribution >= 0.6 is 0 Å². The van der Waals surface area contributed by atoms with E-state index in [1.165, 1.54) is 19.9 Å². The van der Waals surface area contributed by atoms with Gasteiger partial charge in [-0.2, -0.15) is 0 Å². The van der Waals surface area contributed by atoms with E-state index >= 15 is 0 Å². The third-order valence-corrected chi connectivity index (χ3v) is 3.50. The lowest BCUT2D eigenvalue weighted by atomic mass is 10.0. The molecule has 0 aliphatic heterocycles. The fourth-order valence-corrected chi connectivity index (χ4v) is 1.72. The van der Waals surface area contributed by atoms with Crippen molar-refractivity contribution >= 4 is 5.70 Å². The van der Waals surface area contributed by atoms with Gasteiger partial charge in [0.05, 0.1) is 0 Å². The molecule has 0 unspecified atom stereocenters. The predicted molar refractivity (Wildman–Crippen MR) is 81.5 cm³/mol. The van der Waals surface area contributed by atoms with Crippen LogP contribution < -0.4 is 0 Å². The summed E-state index contributed by atoms with van der Waals surface area (Å²) in [5.41, 5.74) is 1.04. The van der Waals surface area contributed by atoms with Crippen LogP contribution in [0.15, 0.2) is 36.6 Å². The summed E-state index contributed by atoms with van der Waals surface area (Å²) in [5.74, 6) is -0.299. The monoisotopic (exact) mass is 279 g/mol. The quantitative estimate of drug-likeness (QED) is 0.737. The minimum absolute atomic E-state index is 0.299. The Morgan fingerprint density at radius 2 is 2.00 bits per heavy atom. The Kier molecular flexibility index (Phi) is 5.09. The van der Waals surface area contributed by atoms with Gasteiger partial charge in [0.15, 0.2) is 0 Å². The summed E-state index contributed by atoms with van der Waals surface area (Å²) >= 11 is 0. The second-order valence-electron chi connectivity index (χ2n) is 5.51. The zero-order valence-corrected chi connectivity index (χ0v) is 12.9. The number of allylic oxidation sites excluding steroid dienone is 1. The summed E-state index contributed by atoms with van der Waals surface area (Å²) in [4.78, 5) is 1.65. The zero-order chi connectivity index (χ0) is 15.5. The molecule has 1 aromatic carbocycles. The lowest BCUT2D eigenvalue weighted by Crippen LogP contribution is -2.18. The highest BCUT2D eigenvalue weighted by molar-refractivity contribution is 5.63. The summed E-state index contributed by atoms with van der Waals surface area (Å²) in [5, 5.41) is 0. The number of alkyl halides is 1. The number of nitrogens with zero attached hydrogens (tertiary/aromatic N) is 1. The van der Waals surface area contributed by atoms with Crippen molar-refractivity contribution < 1.29 is 8.78 Å². The first-order valence-electron chi connectivity index (χ1n) is 6.75. The molecular weight excluding hydrogens is 256 g/mol. The molecule has 1 rings (SSSR count). The Morgan fingerprint density at radius 1 is 1.40 bits per heavy atom. The van der Waals surface area contributed by atoms with E-state index < -0.39 is 5.67 Å². The number of benzene rings is 1. The normalized spacial score (nSPS) is 12.4. The highest BCUT2D eigenvalue weighted by atomic mass is 19.1. The molecule has 0 saturated heterocycles. The molecular formula is C17H23F2N. The number of hydrogen-bond acceptors (Lipinski definition) is 1. The van der Waals surface area contributed by atoms with Gasteiger partial charge in [-0.1, -0.05) is 19.6 Å². The van der Waals surface area contributed by atoms with Crippen LogP contribution in [0.4, 0.5) is 8.78 Å². The van der Waals surface area contributed by atoms with Gasteiger partial charge < -0.3 is 4.90 Å². The average Bonchev–Trinajstić information content (AvgIpc) is 2.36. The van der Waals surface area contributed by atoms with Gasteiger partial charge >= 0.3 is 0 Å². The Bertz CT molecular complexity index is 524. The van der Waals surface area contributed by atoms with E-state index in [1.54, 1.807) is 31.1 Å². The van der Waals surface area contributed by atoms with E-state index in [1.807, 2.05) is 13.0 Å². The van der Waals surface area contributed by atoms with Gasteiger partial charge in [0, 0.05) is 24.5 Å². The summed E-state index contributed by atoms with van der Waals surface area (Å²) in [6, 6.07) is 5.12. The van der Waals surface area contributed by atoms with Crippen LogP contribution in [-0.2, 0) is 6.42 Å². The topological polar surface area (TPSA) is 3.24 Å². The van der Waals surface area contributed by atoms with Gasteiger partial charge in [0.1, 0.15) is 11.5 Å². The maximum Gasteiger partial charge on any atom is 0.132 e. The summed E-state index contributed by atoms with van der Waals surface area (Å²) in [6.45, 7) is 10.6. The van der Waals surface area contributed by atoms with Crippen LogP contribution in [0.3, 0.4) is 0 Å². The first-order valence-corrected chi connectivity index (χ1v) is 6.75. The molecule has 0 radical (unpaired) electrons. The van der Waals surface area contributed by atoms with E-state index in [9.17, 15) is 8.78 Å². The van der Waals surface area contributed by atoms with Crippen LogP contribution in [0.2, 0.25) is 0 Å². The molecule has 0 fully saturated rings. The van der Waals surface area contributed by atoms with Crippen LogP contribution in [0, 0.1) is 5.82 Å².